The Hall–Kier alpha value is -2.14. The quantitative estimate of drug-likeness (QED) is 0.785. The Kier molecular flexibility index (Phi) is 3.42. The predicted octanol–water partition coefficient (Wildman–Crippen LogP) is 3.36. The van der Waals surface area contributed by atoms with Crippen molar-refractivity contribution in [2.75, 3.05) is 0 Å². The van der Waals surface area contributed by atoms with E-state index in [9.17, 15) is 4.79 Å². The highest BCUT2D eigenvalue weighted by atomic mass is 32.1. The van der Waals surface area contributed by atoms with Gasteiger partial charge in [0.15, 0.2) is 0 Å². The van der Waals surface area contributed by atoms with Crippen LogP contribution in [0.4, 0.5) is 0 Å². The fraction of sp³-hybridized carbons (Fsp3) is 0.294. The van der Waals surface area contributed by atoms with E-state index in [0.29, 0.717) is 19.0 Å². The number of hydrogen-bond acceptors (Lipinski definition) is 3. The smallest absolute Gasteiger partial charge is 0.227 e. The molecular weight excluding hydrogens is 294 g/mol. The first-order valence-corrected chi connectivity index (χ1v) is 8.42. The maximum absolute atomic E-state index is 12.8. The molecular formula is C17H17N3OS. The van der Waals surface area contributed by atoms with Crippen molar-refractivity contribution in [3.8, 4) is 0 Å². The minimum Gasteiger partial charge on any atom is -0.361 e. The first-order chi connectivity index (χ1) is 10.8. The van der Waals surface area contributed by atoms with Crippen LogP contribution < -0.4 is 0 Å². The zero-order chi connectivity index (χ0) is 14.9. The summed E-state index contributed by atoms with van der Waals surface area (Å²) in [6.07, 6.45) is 6.44. The highest BCUT2D eigenvalue weighted by Crippen LogP contribution is 2.30. The molecule has 4 rings (SSSR count). The van der Waals surface area contributed by atoms with Crippen molar-refractivity contribution < 1.29 is 4.79 Å². The number of para-hydroxylation sites is 1. The number of rotatable bonds is 5. The lowest BCUT2D eigenvalue weighted by Crippen LogP contribution is -2.33. The number of nitrogens with one attached hydrogen (secondary N) is 1. The molecule has 1 aromatic carbocycles. The van der Waals surface area contributed by atoms with Crippen LogP contribution in [0.15, 0.2) is 42.0 Å². The molecule has 5 heteroatoms. The zero-order valence-electron chi connectivity index (χ0n) is 12.2. The number of carbonyl (C=O) groups excluding carboxylic acids is 1. The van der Waals surface area contributed by atoms with Crippen LogP contribution in [0.25, 0.3) is 10.9 Å². The lowest BCUT2D eigenvalue weighted by Gasteiger charge is -2.21. The third-order valence-electron chi connectivity index (χ3n) is 4.11. The predicted molar refractivity (Wildman–Crippen MR) is 87.7 cm³/mol. The molecule has 0 saturated heterocycles. The van der Waals surface area contributed by atoms with Crippen LogP contribution >= 0.6 is 11.3 Å². The van der Waals surface area contributed by atoms with E-state index in [1.807, 2.05) is 34.7 Å². The molecule has 1 aliphatic carbocycles. The van der Waals surface area contributed by atoms with Gasteiger partial charge in [0, 0.05) is 34.7 Å². The van der Waals surface area contributed by atoms with E-state index in [1.165, 1.54) is 0 Å². The van der Waals surface area contributed by atoms with Gasteiger partial charge in [-0.25, -0.2) is 4.98 Å². The molecule has 0 spiro atoms. The number of hydrogen-bond donors (Lipinski definition) is 1. The Morgan fingerprint density at radius 2 is 2.23 bits per heavy atom. The van der Waals surface area contributed by atoms with Crippen LogP contribution in [0.2, 0.25) is 0 Å². The van der Waals surface area contributed by atoms with E-state index in [2.05, 4.69) is 16.0 Å². The fourth-order valence-electron chi connectivity index (χ4n) is 2.83. The lowest BCUT2D eigenvalue weighted by molar-refractivity contribution is -0.131. The van der Waals surface area contributed by atoms with Gasteiger partial charge in [-0.2, -0.15) is 0 Å². The number of aromatic amines is 1. The summed E-state index contributed by atoms with van der Waals surface area (Å²) in [4.78, 5) is 22.3. The molecule has 0 radical (unpaired) electrons. The Labute approximate surface area is 132 Å². The number of aromatic nitrogens is 2. The zero-order valence-corrected chi connectivity index (χ0v) is 13.0. The second-order valence-electron chi connectivity index (χ2n) is 5.71. The van der Waals surface area contributed by atoms with E-state index in [4.69, 9.17) is 0 Å². The van der Waals surface area contributed by atoms with Gasteiger partial charge in [0.05, 0.1) is 13.0 Å². The third-order valence-corrected chi connectivity index (χ3v) is 4.88. The fourth-order valence-corrected chi connectivity index (χ4v) is 3.44. The second kappa shape index (κ2) is 5.57. The standard InChI is InChI=1S/C17H17N3OS/c21-17(9-12-10-19-15-4-2-1-3-14(12)15)20(13-5-6-13)11-16-18-7-8-22-16/h1-4,7-8,10,13,19H,5-6,9,11H2. The van der Waals surface area contributed by atoms with Gasteiger partial charge < -0.3 is 9.88 Å². The van der Waals surface area contributed by atoms with Gasteiger partial charge >= 0.3 is 0 Å². The molecule has 3 aromatic rings. The topological polar surface area (TPSA) is 49.0 Å². The van der Waals surface area contributed by atoms with Gasteiger partial charge in [-0.1, -0.05) is 18.2 Å². The van der Waals surface area contributed by atoms with Crippen LogP contribution in [0.1, 0.15) is 23.4 Å². The van der Waals surface area contributed by atoms with Gasteiger partial charge in [0.25, 0.3) is 0 Å². The number of benzene rings is 1. The Morgan fingerprint density at radius 1 is 1.36 bits per heavy atom. The Morgan fingerprint density at radius 3 is 3.00 bits per heavy atom. The molecule has 112 valence electrons. The molecule has 2 aromatic heterocycles. The molecule has 1 fully saturated rings. The highest BCUT2D eigenvalue weighted by molar-refractivity contribution is 7.09. The third kappa shape index (κ3) is 2.64. The number of nitrogens with zero attached hydrogens (tertiary/aromatic N) is 2. The van der Waals surface area contributed by atoms with Crippen LogP contribution in [-0.2, 0) is 17.8 Å². The second-order valence-corrected chi connectivity index (χ2v) is 6.69. The maximum Gasteiger partial charge on any atom is 0.227 e. The maximum atomic E-state index is 12.8. The number of H-pyrrole nitrogens is 1. The van der Waals surface area contributed by atoms with Crippen LogP contribution in [0.3, 0.4) is 0 Å². The van der Waals surface area contributed by atoms with E-state index in [1.54, 1.807) is 17.5 Å². The lowest BCUT2D eigenvalue weighted by atomic mass is 10.1. The van der Waals surface area contributed by atoms with Crippen molar-refractivity contribution in [3.05, 3.63) is 52.6 Å². The molecule has 0 unspecified atom stereocenters. The SMILES string of the molecule is O=C(Cc1c[nH]c2ccccc12)N(Cc1nccs1)C1CC1. The summed E-state index contributed by atoms with van der Waals surface area (Å²) in [5.74, 6) is 0.197. The molecule has 2 heterocycles. The van der Waals surface area contributed by atoms with Crippen molar-refractivity contribution in [1.82, 2.24) is 14.9 Å². The summed E-state index contributed by atoms with van der Waals surface area (Å²) in [6, 6.07) is 8.53. The van der Waals surface area contributed by atoms with Crippen molar-refractivity contribution in [3.63, 3.8) is 0 Å². The summed E-state index contributed by atoms with van der Waals surface area (Å²) >= 11 is 1.61. The monoisotopic (exact) mass is 311 g/mol. The van der Waals surface area contributed by atoms with Crippen LogP contribution in [0, 0.1) is 0 Å². The van der Waals surface area contributed by atoms with Crippen molar-refractivity contribution in [2.24, 2.45) is 0 Å². The summed E-state index contributed by atoms with van der Waals surface area (Å²) in [5, 5.41) is 4.12. The van der Waals surface area contributed by atoms with Gasteiger partial charge in [-0.15, -0.1) is 11.3 Å². The molecule has 1 N–H and O–H groups in total. The molecule has 4 nitrogen and oxygen atoms in total. The molecule has 0 aliphatic heterocycles. The van der Waals surface area contributed by atoms with Gasteiger partial charge in [-0.3, -0.25) is 4.79 Å². The number of amides is 1. The Balaban J connectivity index is 1.54. The van der Waals surface area contributed by atoms with Crippen molar-refractivity contribution >= 4 is 28.1 Å². The molecule has 1 aliphatic rings. The highest BCUT2D eigenvalue weighted by Gasteiger charge is 2.33. The first kappa shape index (κ1) is 13.5. The Bertz CT molecular complexity index is 789. The normalized spacial score (nSPS) is 14.4. The van der Waals surface area contributed by atoms with E-state index in [0.717, 1.165) is 34.3 Å². The average Bonchev–Trinajstić information content (AvgIpc) is 3.09. The minimum absolute atomic E-state index is 0.197. The summed E-state index contributed by atoms with van der Waals surface area (Å²) in [7, 11) is 0. The molecule has 22 heavy (non-hydrogen) atoms. The van der Waals surface area contributed by atoms with Crippen LogP contribution in [0.5, 0.6) is 0 Å². The molecule has 1 saturated carbocycles. The number of fused-ring (bicyclic) bond motifs is 1. The largest absolute Gasteiger partial charge is 0.361 e. The van der Waals surface area contributed by atoms with E-state index < -0.39 is 0 Å². The minimum atomic E-state index is 0.197. The summed E-state index contributed by atoms with van der Waals surface area (Å²) in [6.45, 7) is 0.642. The van der Waals surface area contributed by atoms with E-state index >= 15 is 0 Å². The molecule has 0 atom stereocenters. The van der Waals surface area contributed by atoms with Crippen LogP contribution in [-0.4, -0.2) is 26.8 Å². The number of thiazole rings is 1. The summed E-state index contributed by atoms with van der Waals surface area (Å²) < 4.78 is 0. The van der Waals surface area contributed by atoms with Gasteiger partial charge in [0.2, 0.25) is 5.91 Å². The van der Waals surface area contributed by atoms with Crippen molar-refractivity contribution in [1.29, 1.82) is 0 Å². The van der Waals surface area contributed by atoms with Gasteiger partial charge in [-0.05, 0) is 24.5 Å². The van der Waals surface area contributed by atoms with Crippen molar-refractivity contribution in [2.45, 2.75) is 31.8 Å². The first-order valence-electron chi connectivity index (χ1n) is 7.54. The average molecular weight is 311 g/mol. The molecule has 0 bridgehead atoms. The van der Waals surface area contributed by atoms with E-state index in [-0.39, 0.29) is 5.91 Å². The van der Waals surface area contributed by atoms with Gasteiger partial charge in [0.1, 0.15) is 5.01 Å². The summed E-state index contributed by atoms with van der Waals surface area (Å²) in [5.41, 5.74) is 2.16. The molecule has 1 amide bonds. The number of carbonyl (C=O) groups is 1.